The highest BCUT2D eigenvalue weighted by atomic mass is 32.2. The van der Waals surface area contributed by atoms with Gasteiger partial charge in [-0.05, 0) is 37.0 Å². The van der Waals surface area contributed by atoms with Crippen molar-refractivity contribution in [3.63, 3.8) is 0 Å². The van der Waals surface area contributed by atoms with Crippen molar-refractivity contribution >= 4 is 10.0 Å². The minimum atomic E-state index is -3.44. The first-order valence-corrected chi connectivity index (χ1v) is 8.70. The molecular formula is C15H23NO3S. The molecule has 0 atom stereocenters. The Bertz CT molecular complexity index is 546. The summed E-state index contributed by atoms with van der Waals surface area (Å²) < 4.78 is 27.2. The van der Waals surface area contributed by atoms with Gasteiger partial charge in [0.25, 0.3) is 0 Å². The van der Waals surface area contributed by atoms with Crippen molar-refractivity contribution in [1.82, 2.24) is 4.31 Å². The molecule has 1 heterocycles. The molecule has 5 heteroatoms. The van der Waals surface area contributed by atoms with E-state index in [2.05, 4.69) is 0 Å². The highest BCUT2D eigenvalue weighted by Gasteiger charge is 2.26. The fraction of sp³-hybridized carbons (Fsp3) is 0.600. The molecule has 0 amide bonds. The van der Waals surface area contributed by atoms with Gasteiger partial charge in [0.2, 0.25) is 10.0 Å². The Balaban J connectivity index is 2.32. The first kappa shape index (κ1) is 15.5. The molecule has 1 aromatic carbocycles. The van der Waals surface area contributed by atoms with Crippen LogP contribution >= 0.6 is 0 Å². The molecule has 1 N–H and O–H groups in total. The molecule has 2 rings (SSSR count). The molecule has 0 unspecified atom stereocenters. The molecular weight excluding hydrogens is 274 g/mol. The van der Waals surface area contributed by atoms with E-state index in [1.165, 1.54) is 6.42 Å². The standard InChI is InChI=1S/C15H23NO3S/c1-13-7-8-14(12-17)11-15(13)20(18,19)16-9-5-3-2-4-6-10-16/h7-8,11,17H,2-6,9-10,12H2,1H3. The van der Waals surface area contributed by atoms with E-state index in [4.69, 9.17) is 0 Å². The zero-order valence-corrected chi connectivity index (χ0v) is 12.8. The fourth-order valence-corrected chi connectivity index (χ4v) is 4.41. The minimum absolute atomic E-state index is 0.136. The van der Waals surface area contributed by atoms with Gasteiger partial charge in [-0.2, -0.15) is 4.31 Å². The zero-order valence-electron chi connectivity index (χ0n) is 12.0. The first-order valence-electron chi connectivity index (χ1n) is 7.26. The van der Waals surface area contributed by atoms with Crippen LogP contribution in [0.25, 0.3) is 0 Å². The largest absolute Gasteiger partial charge is 0.392 e. The lowest BCUT2D eigenvalue weighted by molar-refractivity contribution is 0.281. The number of hydrogen-bond acceptors (Lipinski definition) is 3. The summed E-state index contributed by atoms with van der Waals surface area (Å²) in [4.78, 5) is 0.338. The molecule has 0 saturated carbocycles. The van der Waals surface area contributed by atoms with Gasteiger partial charge in [-0.3, -0.25) is 0 Å². The van der Waals surface area contributed by atoms with Crippen molar-refractivity contribution in [3.05, 3.63) is 29.3 Å². The predicted molar refractivity (Wildman–Crippen MR) is 78.9 cm³/mol. The van der Waals surface area contributed by atoms with Crippen LogP contribution in [0, 0.1) is 6.92 Å². The van der Waals surface area contributed by atoms with Crippen LogP contribution < -0.4 is 0 Å². The summed E-state index contributed by atoms with van der Waals surface area (Å²) in [6.45, 7) is 2.87. The van der Waals surface area contributed by atoms with E-state index in [1.807, 2.05) is 0 Å². The summed E-state index contributed by atoms with van der Waals surface area (Å²) in [5.41, 5.74) is 1.38. The van der Waals surface area contributed by atoms with E-state index in [0.717, 1.165) is 31.2 Å². The van der Waals surface area contributed by atoms with Gasteiger partial charge in [-0.15, -0.1) is 0 Å². The summed E-state index contributed by atoms with van der Waals surface area (Å²) in [5.74, 6) is 0. The molecule has 1 aliphatic heterocycles. The Hall–Kier alpha value is -0.910. The third kappa shape index (κ3) is 3.40. The molecule has 112 valence electrons. The lowest BCUT2D eigenvalue weighted by Gasteiger charge is -2.25. The summed E-state index contributed by atoms with van der Waals surface area (Å²) in [6.07, 6.45) is 5.26. The second-order valence-electron chi connectivity index (χ2n) is 5.43. The minimum Gasteiger partial charge on any atom is -0.392 e. The van der Waals surface area contributed by atoms with Crippen LogP contribution in [0.15, 0.2) is 23.1 Å². The summed E-state index contributed by atoms with van der Waals surface area (Å²) in [6, 6.07) is 5.13. The van der Waals surface area contributed by atoms with Crippen molar-refractivity contribution in [1.29, 1.82) is 0 Å². The van der Waals surface area contributed by atoms with Crippen molar-refractivity contribution in [2.75, 3.05) is 13.1 Å². The van der Waals surface area contributed by atoms with Gasteiger partial charge in [0, 0.05) is 13.1 Å². The van der Waals surface area contributed by atoms with Crippen LogP contribution in [0.5, 0.6) is 0 Å². The highest BCUT2D eigenvalue weighted by molar-refractivity contribution is 7.89. The highest BCUT2D eigenvalue weighted by Crippen LogP contribution is 2.24. The molecule has 0 aliphatic carbocycles. The Labute approximate surface area is 121 Å². The maximum atomic E-state index is 12.8. The molecule has 1 fully saturated rings. The van der Waals surface area contributed by atoms with E-state index in [1.54, 1.807) is 29.4 Å². The van der Waals surface area contributed by atoms with E-state index in [9.17, 15) is 13.5 Å². The first-order chi connectivity index (χ1) is 9.55. The maximum Gasteiger partial charge on any atom is 0.243 e. The van der Waals surface area contributed by atoms with Crippen molar-refractivity contribution < 1.29 is 13.5 Å². The van der Waals surface area contributed by atoms with Crippen LogP contribution in [-0.2, 0) is 16.6 Å². The lowest BCUT2D eigenvalue weighted by Crippen LogP contribution is -2.34. The van der Waals surface area contributed by atoms with Crippen LogP contribution in [0.4, 0.5) is 0 Å². The molecule has 0 aromatic heterocycles. The number of aryl methyl sites for hydroxylation is 1. The molecule has 4 nitrogen and oxygen atoms in total. The van der Waals surface area contributed by atoms with Crippen molar-refractivity contribution in [3.8, 4) is 0 Å². The lowest BCUT2D eigenvalue weighted by atomic mass is 10.1. The third-order valence-corrected chi connectivity index (χ3v) is 5.91. The zero-order chi connectivity index (χ0) is 14.6. The smallest absolute Gasteiger partial charge is 0.243 e. The molecule has 0 radical (unpaired) electrons. The number of benzene rings is 1. The predicted octanol–water partition coefficient (Wildman–Crippen LogP) is 2.44. The van der Waals surface area contributed by atoms with E-state index in [-0.39, 0.29) is 6.61 Å². The van der Waals surface area contributed by atoms with Crippen molar-refractivity contribution in [2.24, 2.45) is 0 Å². The van der Waals surface area contributed by atoms with Gasteiger partial charge in [0.15, 0.2) is 0 Å². The normalized spacial score (nSPS) is 18.5. The molecule has 20 heavy (non-hydrogen) atoms. The summed E-state index contributed by atoms with van der Waals surface area (Å²) in [5, 5.41) is 9.20. The Morgan fingerprint density at radius 3 is 2.30 bits per heavy atom. The SMILES string of the molecule is Cc1ccc(CO)cc1S(=O)(=O)N1CCCCCCC1. The Morgan fingerprint density at radius 1 is 1.10 bits per heavy atom. The van der Waals surface area contributed by atoms with Gasteiger partial charge in [-0.1, -0.05) is 31.4 Å². The third-order valence-electron chi connectivity index (χ3n) is 3.87. The molecule has 1 aromatic rings. The molecule has 0 bridgehead atoms. The topological polar surface area (TPSA) is 57.6 Å². The molecule has 0 spiro atoms. The monoisotopic (exact) mass is 297 g/mol. The van der Waals surface area contributed by atoms with E-state index in [0.29, 0.717) is 23.5 Å². The quantitative estimate of drug-likeness (QED) is 0.932. The Kier molecular flexibility index (Phi) is 5.18. The average Bonchev–Trinajstić information content (AvgIpc) is 2.38. The average molecular weight is 297 g/mol. The van der Waals surface area contributed by atoms with Gasteiger partial charge >= 0.3 is 0 Å². The Morgan fingerprint density at radius 2 is 1.70 bits per heavy atom. The van der Waals surface area contributed by atoms with Gasteiger partial charge in [0.1, 0.15) is 0 Å². The number of rotatable bonds is 3. The molecule has 1 saturated heterocycles. The summed E-state index contributed by atoms with van der Waals surface area (Å²) in [7, 11) is -3.44. The second-order valence-corrected chi connectivity index (χ2v) is 7.34. The van der Waals surface area contributed by atoms with Gasteiger partial charge in [-0.25, -0.2) is 8.42 Å². The van der Waals surface area contributed by atoms with E-state index < -0.39 is 10.0 Å². The van der Waals surface area contributed by atoms with E-state index >= 15 is 0 Å². The van der Waals surface area contributed by atoms with Gasteiger partial charge < -0.3 is 5.11 Å². The number of aliphatic hydroxyl groups excluding tert-OH is 1. The summed E-state index contributed by atoms with van der Waals surface area (Å²) >= 11 is 0. The van der Waals surface area contributed by atoms with Crippen molar-refractivity contribution in [2.45, 2.75) is 50.5 Å². The number of aliphatic hydroxyl groups is 1. The maximum absolute atomic E-state index is 12.8. The van der Waals surface area contributed by atoms with Crippen LogP contribution in [0.2, 0.25) is 0 Å². The van der Waals surface area contributed by atoms with Crippen LogP contribution in [-0.4, -0.2) is 30.9 Å². The second kappa shape index (κ2) is 6.70. The van der Waals surface area contributed by atoms with Crippen LogP contribution in [0.3, 0.4) is 0 Å². The number of nitrogens with zero attached hydrogens (tertiary/aromatic N) is 1. The number of sulfonamides is 1. The number of hydrogen-bond donors (Lipinski definition) is 1. The molecule has 1 aliphatic rings. The van der Waals surface area contributed by atoms with Gasteiger partial charge in [0.05, 0.1) is 11.5 Å². The fourth-order valence-electron chi connectivity index (χ4n) is 2.62. The van der Waals surface area contributed by atoms with Crippen LogP contribution in [0.1, 0.15) is 43.2 Å².